The highest BCUT2D eigenvalue weighted by Gasteiger charge is 2.19. The van der Waals surface area contributed by atoms with E-state index in [1.807, 2.05) is 6.07 Å². The third-order valence-electron chi connectivity index (χ3n) is 8.96. The van der Waals surface area contributed by atoms with Crippen molar-refractivity contribution in [2.45, 2.75) is 0 Å². The van der Waals surface area contributed by atoms with Crippen molar-refractivity contribution >= 4 is 76.2 Å². The molecule has 0 N–H and O–H groups in total. The van der Waals surface area contributed by atoms with E-state index in [4.69, 9.17) is 14.4 Å². The zero-order chi connectivity index (χ0) is 28.8. The summed E-state index contributed by atoms with van der Waals surface area (Å²) in [5.74, 6) is 0.655. The van der Waals surface area contributed by atoms with E-state index in [1.54, 1.807) is 0 Å². The molecular weight excluding hydrogens is 538 g/mol. The van der Waals surface area contributed by atoms with E-state index in [0.29, 0.717) is 5.95 Å². The lowest BCUT2D eigenvalue weighted by Gasteiger charge is -2.12. The van der Waals surface area contributed by atoms with Crippen molar-refractivity contribution in [2.75, 3.05) is 0 Å². The largest absolute Gasteiger partial charge is 0.456 e. The molecule has 3 heterocycles. The Bertz CT molecular complexity index is 2790. The van der Waals surface area contributed by atoms with Gasteiger partial charge in [-0.05, 0) is 70.1 Å². The van der Waals surface area contributed by atoms with Crippen molar-refractivity contribution in [3.8, 4) is 17.2 Å². The highest BCUT2D eigenvalue weighted by molar-refractivity contribution is 6.19. The lowest BCUT2D eigenvalue weighted by atomic mass is 10.0. The maximum atomic E-state index is 6.32. The lowest BCUT2D eigenvalue weighted by molar-refractivity contribution is 0.669. The van der Waals surface area contributed by atoms with Gasteiger partial charge in [0.2, 0.25) is 5.95 Å². The average Bonchev–Trinajstić information content (AvgIpc) is 3.62. The van der Waals surface area contributed by atoms with Crippen molar-refractivity contribution in [3.63, 3.8) is 0 Å². The molecule has 0 unspecified atom stereocenters. The molecule has 10 rings (SSSR count). The monoisotopic (exact) mass is 561 g/mol. The summed E-state index contributed by atoms with van der Waals surface area (Å²) in [5, 5.41) is 10.4. The number of fused-ring (bicyclic) bond motifs is 10. The van der Waals surface area contributed by atoms with Crippen molar-refractivity contribution in [1.82, 2.24) is 14.5 Å². The van der Waals surface area contributed by atoms with Crippen LogP contribution < -0.4 is 0 Å². The van der Waals surface area contributed by atoms with E-state index >= 15 is 0 Å². The Hall–Kier alpha value is -6.00. The second-order valence-electron chi connectivity index (χ2n) is 11.4. The smallest absolute Gasteiger partial charge is 0.235 e. The molecule has 7 aromatic carbocycles. The number of hydrogen-bond donors (Lipinski definition) is 0. The Balaban J connectivity index is 1.29. The van der Waals surface area contributed by atoms with Crippen LogP contribution in [0.3, 0.4) is 0 Å². The molecule has 0 aliphatic carbocycles. The van der Waals surface area contributed by atoms with Gasteiger partial charge in [0.15, 0.2) is 0 Å². The molecular formula is C40H23N3O. The normalized spacial score (nSPS) is 12.1. The van der Waals surface area contributed by atoms with E-state index in [9.17, 15) is 0 Å². The standard InChI is InChI=1S/C40H23N3O/c1-2-11-26-23-35-31(21-25(26)10-1)29-13-6-8-16-34(29)43(35)40-41-33-15-7-5-14-30(33)39(42-40)27-18-19-36-32(22-27)38-28-12-4-3-9-24(28)17-20-37(38)44-36/h1-23H. The number of hydrogen-bond acceptors (Lipinski definition) is 3. The molecule has 0 aliphatic rings. The van der Waals surface area contributed by atoms with Gasteiger partial charge in [0.05, 0.1) is 22.2 Å². The fourth-order valence-corrected chi connectivity index (χ4v) is 6.95. The van der Waals surface area contributed by atoms with E-state index in [2.05, 4.69) is 138 Å². The summed E-state index contributed by atoms with van der Waals surface area (Å²) < 4.78 is 8.53. The highest BCUT2D eigenvalue weighted by Crippen LogP contribution is 2.39. The summed E-state index contributed by atoms with van der Waals surface area (Å²) in [6, 6.07) is 49.0. The predicted octanol–water partition coefficient (Wildman–Crippen LogP) is 10.6. The van der Waals surface area contributed by atoms with Crippen LogP contribution in [0.25, 0.3) is 93.4 Å². The third kappa shape index (κ3) is 3.28. The Kier molecular flexibility index (Phi) is 4.69. The van der Waals surface area contributed by atoms with E-state index in [-0.39, 0.29) is 0 Å². The molecule has 0 atom stereocenters. The first kappa shape index (κ1) is 23.6. The highest BCUT2D eigenvalue weighted by atomic mass is 16.3. The summed E-state index contributed by atoms with van der Waals surface area (Å²) >= 11 is 0. The Labute approximate surface area is 251 Å². The minimum absolute atomic E-state index is 0.655. The van der Waals surface area contributed by atoms with Crippen molar-refractivity contribution < 1.29 is 4.42 Å². The molecule has 0 saturated carbocycles. The molecule has 0 bridgehead atoms. The quantitative estimate of drug-likeness (QED) is 0.211. The summed E-state index contributed by atoms with van der Waals surface area (Å²) in [7, 11) is 0. The number of rotatable bonds is 2. The number of para-hydroxylation sites is 2. The summed E-state index contributed by atoms with van der Waals surface area (Å²) in [6.45, 7) is 0. The summed E-state index contributed by atoms with van der Waals surface area (Å²) in [4.78, 5) is 10.5. The third-order valence-corrected chi connectivity index (χ3v) is 8.96. The van der Waals surface area contributed by atoms with Crippen LogP contribution in [-0.4, -0.2) is 14.5 Å². The van der Waals surface area contributed by atoms with Gasteiger partial charge in [-0.3, -0.25) is 4.57 Å². The minimum Gasteiger partial charge on any atom is -0.456 e. The van der Waals surface area contributed by atoms with E-state index in [0.717, 1.165) is 55.1 Å². The molecule has 0 saturated heterocycles. The van der Waals surface area contributed by atoms with Crippen LogP contribution in [0.15, 0.2) is 144 Å². The maximum absolute atomic E-state index is 6.32. The first-order valence-electron chi connectivity index (χ1n) is 14.8. The van der Waals surface area contributed by atoms with Crippen molar-refractivity contribution in [2.24, 2.45) is 0 Å². The van der Waals surface area contributed by atoms with Crippen LogP contribution in [-0.2, 0) is 0 Å². The van der Waals surface area contributed by atoms with Crippen molar-refractivity contribution in [1.29, 1.82) is 0 Å². The van der Waals surface area contributed by atoms with Crippen LogP contribution in [0.1, 0.15) is 0 Å². The van der Waals surface area contributed by atoms with Gasteiger partial charge >= 0.3 is 0 Å². The van der Waals surface area contributed by atoms with Gasteiger partial charge in [-0.1, -0.05) is 91.0 Å². The molecule has 0 aliphatic heterocycles. The average molecular weight is 562 g/mol. The van der Waals surface area contributed by atoms with Gasteiger partial charge in [0.1, 0.15) is 11.2 Å². The number of benzene rings is 7. The van der Waals surface area contributed by atoms with E-state index in [1.165, 1.54) is 32.3 Å². The minimum atomic E-state index is 0.655. The van der Waals surface area contributed by atoms with Crippen LogP contribution >= 0.6 is 0 Å². The van der Waals surface area contributed by atoms with Crippen molar-refractivity contribution in [3.05, 3.63) is 140 Å². The maximum Gasteiger partial charge on any atom is 0.235 e. The van der Waals surface area contributed by atoms with Gasteiger partial charge in [-0.25, -0.2) is 9.97 Å². The van der Waals surface area contributed by atoms with Gasteiger partial charge in [0, 0.05) is 32.5 Å². The summed E-state index contributed by atoms with van der Waals surface area (Å²) in [6.07, 6.45) is 0. The fraction of sp³-hybridized carbons (Fsp3) is 0. The van der Waals surface area contributed by atoms with Gasteiger partial charge in [0.25, 0.3) is 0 Å². The number of furan rings is 1. The molecule has 0 radical (unpaired) electrons. The zero-order valence-electron chi connectivity index (χ0n) is 23.5. The topological polar surface area (TPSA) is 43.9 Å². The van der Waals surface area contributed by atoms with Gasteiger partial charge in [-0.15, -0.1) is 0 Å². The molecule has 0 spiro atoms. The Morgan fingerprint density at radius 1 is 0.455 bits per heavy atom. The number of nitrogens with zero attached hydrogens (tertiary/aromatic N) is 3. The molecule has 0 fully saturated rings. The lowest BCUT2D eigenvalue weighted by Crippen LogP contribution is -2.03. The second-order valence-corrected chi connectivity index (χ2v) is 11.4. The van der Waals surface area contributed by atoms with Crippen LogP contribution in [0.4, 0.5) is 0 Å². The van der Waals surface area contributed by atoms with Crippen LogP contribution in [0.2, 0.25) is 0 Å². The van der Waals surface area contributed by atoms with Crippen LogP contribution in [0.5, 0.6) is 0 Å². The molecule has 44 heavy (non-hydrogen) atoms. The summed E-state index contributed by atoms with van der Waals surface area (Å²) in [5.41, 5.74) is 6.76. The zero-order valence-corrected chi connectivity index (χ0v) is 23.5. The SMILES string of the molecule is c1ccc2cc3c(cc2c1)c1ccccc1n3-c1nc(-c2ccc3oc4ccc5ccccc5c4c3c2)c2ccccc2n1. The molecule has 0 amide bonds. The Morgan fingerprint density at radius 2 is 1.16 bits per heavy atom. The van der Waals surface area contributed by atoms with E-state index < -0.39 is 0 Å². The number of aromatic nitrogens is 3. The molecule has 4 heteroatoms. The van der Waals surface area contributed by atoms with Gasteiger partial charge in [-0.2, -0.15) is 0 Å². The Morgan fingerprint density at radius 3 is 2.05 bits per heavy atom. The fourth-order valence-electron chi connectivity index (χ4n) is 6.95. The van der Waals surface area contributed by atoms with Gasteiger partial charge < -0.3 is 4.42 Å². The molecule has 3 aromatic heterocycles. The molecule has 10 aromatic rings. The molecule has 204 valence electrons. The second kappa shape index (κ2) is 8.76. The molecule has 4 nitrogen and oxygen atoms in total. The van der Waals surface area contributed by atoms with Crippen LogP contribution in [0, 0.1) is 0 Å². The predicted molar refractivity (Wildman–Crippen MR) is 182 cm³/mol. The first-order chi connectivity index (χ1) is 21.8. The first-order valence-corrected chi connectivity index (χ1v) is 14.8.